The number of nitrogens with one attached hydrogen (secondary N) is 1. The molecule has 1 saturated carbocycles. The van der Waals surface area contributed by atoms with Crippen molar-refractivity contribution in [3.05, 3.63) is 41.5 Å². The van der Waals surface area contributed by atoms with Gasteiger partial charge in [-0.3, -0.25) is 9.59 Å². The predicted octanol–water partition coefficient (Wildman–Crippen LogP) is 0.535. The Bertz CT molecular complexity index is 1010. The monoisotopic (exact) mass is 375 g/mol. The highest BCUT2D eigenvalue weighted by Gasteiger charge is 2.48. The van der Waals surface area contributed by atoms with Gasteiger partial charge in [0.1, 0.15) is 11.2 Å². The molecule has 0 radical (unpaired) electrons. The second kappa shape index (κ2) is 5.90. The lowest BCUT2D eigenvalue weighted by Crippen LogP contribution is -2.32. The molecule has 0 spiro atoms. The van der Waals surface area contributed by atoms with Crippen LogP contribution in [0.5, 0.6) is 0 Å². The molecule has 10 heteroatoms. The normalized spacial score (nSPS) is 18.0. The van der Waals surface area contributed by atoms with Gasteiger partial charge in [-0.15, -0.1) is 10.2 Å². The van der Waals surface area contributed by atoms with E-state index >= 15 is 0 Å². The summed E-state index contributed by atoms with van der Waals surface area (Å²) in [6.45, 7) is 2.78. The number of amides is 2. The zero-order valence-corrected chi connectivity index (χ0v) is 14.9. The van der Waals surface area contributed by atoms with E-state index in [1.54, 1.807) is 10.9 Å². The van der Waals surface area contributed by atoms with Crippen LogP contribution in [0.3, 0.4) is 0 Å². The molecule has 2 amide bonds. The molecule has 0 atom stereocenters. The van der Waals surface area contributed by atoms with Crippen LogP contribution >= 0.6 is 0 Å². The fourth-order valence-electron chi connectivity index (χ4n) is 3.00. The van der Waals surface area contributed by atoms with Gasteiger partial charge in [0.15, 0.2) is 5.82 Å². The summed E-state index contributed by atoms with van der Waals surface area (Å²) in [5.41, 5.74) is 0.305. The molecule has 1 aromatic heterocycles. The Morgan fingerprint density at radius 3 is 2.81 bits per heavy atom. The van der Waals surface area contributed by atoms with Crippen LogP contribution in [-0.2, 0) is 23.1 Å². The van der Waals surface area contributed by atoms with Gasteiger partial charge >= 0.3 is 0 Å². The van der Waals surface area contributed by atoms with Gasteiger partial charge < -0.3 is 9.88 Å². The van der Waals surface area contributed by atoms with Gasteiger partial charge in [0.25, 0.3) is 21.8 Å². The van der Waals surface area contributed by atoms with Crippen molar-refractivity contribution < 1.29 is 18.0 Å². The molecular formula is C16H17N5O4S. The molecule has 0 saturated heterocycles. The highest BCUT2D eigenvalue weighted by atomic mass is 32.2. The summed E-state index contributed by atoms with van der Waals surface area (Å²) in [5, 5.41) is 10.4. The molecule has 1 aliphatic heterocycles. The molecule has 1 fully saturated rings. The number of carbonyl (C=O) groups is 2. The van der Waals surface area contributed by atoms with Crippen LogP contribution < -0.4 is 5.32 Å². The molecule has 1 aromatic carbocycles. The third kappa shape index (κ3) is 2.57. The van der Waals surface area contributed by atoms with Crippen LogP contribution in [0.1, 0.15) is 46.3 Å². The van der Waals surface area contributed by atoms with Crippen LogP contribution in [0.25, 0.3) is 0 Å². The first-order valence-electron chi connectivity index (χ1n) is 8.31. The third-order valence-corrected chi connectivity index (χ3v) is 6.41. The smallest absolute Gasteiger partial charge is 0.269 e. The van der Waals surface area contributed by atoms with Gasteiger partial charge in [-0.05, 0) is 38.0 Å². The fraction of sp³-hybridized carbons (Fsp3) is 0.375. The van der Waals surface area contributed by atoms with E-state index in [0.29, 0.717) is 25.2 Å². The molecule has 136 valence electrons. The topological polar surface area (TPSA) is 114 Å². The quantitative estimate of drug-likeness (QED) is 0.816. The molecular weight excluding hydrogens is 358 g/mol. The Morgan fingerprint density at radius 1 is 1.35 bits per heavy atom. The highest BCUT2D eigenvalue weighted by Crippen LogP contribution is 2.39. The van der Waals surface area contributed by atoms with Crippen molar-refractivity contribution in [2.75, 3.05) is 0 Å². The molecule has 26 heavy (non-hydrogen) atoms. The van der Waals surface area contributed by atoms with Crippen molar-refractivity contribution in [2.24, 2.45) is 0 Å². The van der Waals surface area contributed by atoms with Crippen molar-refractivity contribution in [3.8, 4) is 0 Å². The van der Waals surface area contributed by atoms with Gasteiger partial charge in [-0.1, -0.05) is 0 Å². The van der Waals surface area contributed by atoms with Crippen molar-refractivity contribution in [1.82, 2.24) is 24.4 Å². The number of nitrogens with zero attached hydrogens (tertiary/aromatic N) is 4. The minimum absolute atomic E-state index is 0.0984. The zero-order valence-electron chi connectivity index (χ0n) is 14.0. The van der Waals surface area contributed by atoms with Gasteiger partial charge in [-0.25, -0.2) is 12.7 Å². The van der Waals surface area contributed by atoms with E-state index in [2.05, 4.69) is 15.5 Å². The number of hydrogen-bond donors (Lipinski definition) is 1. The van der Waals surface area contributed by atoms with Gasteiger partial charge in [0, 0.05) is 18.2 Å². The van der Waals surface area contributed by atoms with Crippen molar-refractivity contribution in [2.45, 2.75) is 43.8 Å². The van der Waals surface area contributed by atoms with Crippen LogP contribution in [0, 0.1) is 0 Å². The molecule has 1 N–H and O–H groups in total. The summed E-state index contributed by atoms with van der Waals surface area (Å²) in [7, 11) is -3.88. The maximum atomic E-state index is 12.6. The van der Waals surface area contributed by atoms with Crippen molar-refractivity contribution in [1.29, 1.82) is 0 Å². The summed E-state index contributed by atoms with van der Waals surface area (Å²) >= 11 is 0. The lowest BCUT2D eigenvalue weighted by molar-refractivity contribution is 0.0863. The number of sulfonamides is 1. The number of rotatable bonds is 5. The number of aryl methyl sites for hydroxylation is 1. The van der Waals surface area contributed by atoms with Crippen LogP contribution in [0.15, 0.2) is 29.4 Å². The summed E-state index contributed by atoms with van der Waals surface area (Å²) in [6, 6.07) is 3.88. The lowest BCUT2D eigenvalue weighted by atomic mass is 10.1. The molecule has 9 nitrogen and oxygen atoms in total. The minimum atomic E-state index is -3.88. The summed E-state index contributed by atoms with van der Waals surface area (Å²) in [4.78, 5) is 24.7. The molecule has 2 heterocycles. The van der Waals surface area contributed by atoms with Gasteiger partial charge in [0.05, 0.1) is 12.1 Å². The van der Waals surface area contributed by atoms with Crippen molar-refractivity contribution >= 4 is 21.8 Å². The number of fused-ring (bicyclic) bond motifs is 1. The van der Waals surface area contributed by atoms with Crippen LogP contribution in [-0.4, -0.2) is 45.3 Å². The van der Waals surface area contributed by atoms with E-state index in [1.807, 2.05) is 6.92 Å². The molecule has 2 aromatic rings. The second-order valence-corrected chi connectivity index (χ2v) is 8.05. The van der Waals surface area contributed by atoms with Crippen LogP contribution in [0.2, 0.25) is 0 Å². The summed E-state index contributed by atoms with van der Waals surface area (Å²) in [6.07, 6.45) is 2.94. The average Bonchev–Trinajstić information content (AvgIpc) is 3.30. The Kier molecular flexibility index (Phi) is 3.79. The van der Waals surface area contributed by atoms with E-state index in [4.69, 9.17) is 0 Å². The Morgan fingerprint density at radius 2 is 2.12 bits per heavy atom. The first-order chi connectivity index (χ1) is 12.4. The summed E-state index contributed by atoms with van der Waals surface area (Å²) < 4.78 is 28.0. The molecule has 0 bridgehead atoms. The summed E-state index contributed by atoms with van der Waals surface area (Å²) in [5.74, 6) is -0.346. The van der Waals surface area contributed by atoms with E-state index in [-0.39, 0.29) is 28.6 Å². The lowest BCUT2D eigenvalue weighted by Gasteiger charge is -2.13. The maximum Gasteiger partial charge on any atom is 0.269 e. The Labute approximate surface area is 150 Å². The fourth-order valence-corrected chi connectivity index (χ4v) is 4.84. The third-order valence-electron chi connectivity index (χ3n) is 4.53. The van der Waals surface area contributed by atoms with E-state index in [1.165, 1.54) is 18.2 Å². The number of aromatic nitrogens is 3. The first-order valence-corrected chi connectivity index (χ1v) is 9.75. The average molecular weight is 375 g/mol. The molecule has 0 unspecified atom stereocenters. The van der Waals surface area contributed by atoms with Gasteiger partial charge in [0.2, 0.25) is 0 Å². The highest BCUT2D eigenvalue weighted by molar-refractivity contribution is 7.90. The SMILES string of the molecule is CCn1cnnc1CNC(=O)c1ccc2c(c1)S(=O)(=O)N(C1CC1)C2=O. The minimum Gasteiger partial charge on any atom is -0.345 e. The zero-order chi connectivity index (χ0) is 18.5. The standard InChI is InChI=1S/C16H17N5O4S/c1-2-20-9-18-19-14(20)8-17-15(22)10-3-6-12-13(7-10)26(24,25)21(16(12)23)11-4-5-11/h3,6-7,9,11H,2,4-5,8H2,1H3,(H,17,22). The molecule has 1 aliphatic carbocycles. The Hall–Kier alpha value is -2.75. The van der Waals surface area contributed by atoms with Crippen LogP contribution in [0.4, 0.5) is 0 Å². The number of benzene rings is 1. The Balaban J connectivity index is 1.57. The molecule has 2 aliphatic rings. The maximum absolute atomic E-state index is 12.6. The predicted molar refractivity (Wildman–Crippen MR) is 89.7 cm³/mol. The van der Waals surface area contributed by atoms with E-state index < -0.39 is 21.8 Å². The largest absolute Gasteiger partial charge is 0.345 e. The van der Waals surface area contributed by atoms with Crippen molar-refractivity contribution in [3.63, 3.8) is 0 Å². The molecule has 4 rings (SSSR count). The number of hydrogen-bond acceptors (Lipinski definition) is 6. The van der Waals surface area contributed by atoms with Gasteiger partial charge in [-0.2, -0.15) is 0 Å². The first kappa shape index (κ1) is 16.7. The second-order valence-electron chi connectivity index (χ2n) is 6.26. The number of carbonyl (C=O) groups excluding carboxylic acids is 2. The van der Waals surface area contributed by atoms with E-state index in [0.717, 1.165) is 4.31 Å². The van der Waals surface area contributed by atoms with E-state index in [9.17, 15) is 18.0 Å².